The molecule has 0 saturated carbocycles. The van der Waals surface area contributed by atoms with Gasteiger partial charge in [0, 0.05) is 22.0 Å². The summed E-state index contributed by atoms with van der Waals surface area (Å²) in [6.45, 7) is 12.7. The van der Waals surface area contributed by atoms with E-state index in [1.807, 2.05) is 0 Å². The van der Waals surface area contributed by atoms with Gasteiger partial charge in [-0.25, -0.2) is 0 Å². The van der Waals surface area contributed by atoms with Crippen LogP contribution in [0.3, 0.4) is 0 Å². The average molecular weight is 382 g/mol. The number of aromatic amines is 1. The van der Waals surface area contributed by atoms with Gasteiger partial charge in [0.25, 0.3) is 0 Å². The van der Waals surface area contributed by atoms with Crippen molar-refractivity contribution in [2.45, 2.75) is 41.5 Å². The summed E-state index contributed by atoms with van der Waals surface area (Å²) in [6.07, 6.45) is 17.5. The van der Waals surface area contributed by atoms with Gasteiger partial charge in [-0.05, 0) is 69.2 Å². The van der Waals surface area contributed by atoms with E-state index in [0.29, 0.717) is 0 Å². The molecule has 0 fully saturated rings. The van der Waals surface area contributed by atoms with Crippen molar-refractivity contribution in [1.29, 1.82) is 0 Å². The summed E-state index contributed by atoms with van der Waals surface area (Å²) in [6, 6.07) is 8.70. The molecule has 0 spiro atoms. The van der Waals surface area contributed by atoms with Crippen LogP contribution in [-0.4, -0.2) is 4.98 Å². The van der Waals surface area contributed by atoms with Crippen molar-refractivity contribution in [2.75, 3.05) is 0 Å². The van der Waals surface area contributed by atoms with E-state index in [9.17, 15) is 0 Å². The maximum Gasteiger partial charge on any atom is 0.0551 e. The number of hydrogen-bond acceptors (Lipinski definition) is 0. The van der Waals surface area contributed by atoms with Crippen molar-refractivity contribution in [1.82, 2.24) is 4.98 Å². The fourth-order valence-electron chi connectivity index (χ4n) is 4.11. The molecule has 0 aliphatic heterocycles. The second kappa shape index (κ2) is 8.96. The van der Waals surface area contributed by atoms with Gasteiger partial charge < -0.3 is 4.98 Å². The van der Waals surface area contributed by atoms with Gasteiger partial charge >= 0.3 is 0 Å². The molecule has 3 aromatic rings. The number of H-pyrrole nitrogens is 1. The van der Waals surface area contributed by atoms with Crippen molar-refractivity contribution in [3.8, 4) is 0 Å². The van der Waals surface area contributed by atoms with Crippen molar-refractivity contribution < 1.29 is 0 Å². The Labute approximate surface area is 174 Å². The third-order valence-corrected chi connectivity index (χ3v) is 5.49. The molecule has 1 N–H and O–H groups in total. The molecule has 0 amide bonds. The van der Waals surface area contributed by atoms with Gasteiger partial charge in [-0.2, -0.15) is 0 Å². The lowest BCUT2D eigenvalue weighted by Crippen LogP contribution is -1.91. The minimum atomic E-state index is 1.20. The molecule has 0 saturated heterocycles. The second-order valence-electron chi connectivity index (χ2n) is 7.21. The Bertz CT molecular complexity index is 1190. The van der Waals surface area contributed by atoms with Gasteiger partial charge in [-0.3, -0.25) is 0 Å². The molecule has 1 heterocycles. The summed E-state index contributed by atoms with van der Waals surface area (Å²) in [4.78, 5) is 3.80. The highest BCUT2D eigenvalue weighted by Gasteiger charge is 2.21. The number of allylic oxidation sites excluding steroid dienone is 8. The highest BCUT2D eigenvalue weighted by Crippen LogP contribution is 2.42. The molecule has 0 aliphatic carbocycles. The Morgan fingerprint density at radius 3 is 2.03 bits per heavy atom. The predicted octanol–water partition coefficient (Wildman–Crippen LogP) is 8.79. The third kappa shape index (κ3) is 3.53. The first-order chi connectivity index (χ1) is 14.1. The molecule has 1 nitrogen and oxygen atoms in total. The normalized spacial score (nSPS) is 13.9. The summed E-state index contributed by atoms with van der Waals surface area (Å²) in [5.41, 5.74) is 8.71. The van der Waals surface area contributed by atoms with Crippen LogP contribution in [-0.2, 0) is 0 Å². The molecule has 3 rings (SSSR count). The number of nitrogens with one attached hydrogen (secondary N) is 1. The van der Waals surface area contributed by atoms with Gasteiger partial charge in [-0.1, -0.05) is 72.9 Å². The molecule has 0 radical (unpaired) electrons. The molecule has 0 atom stereocenters. The first-order valence-corrected chi connectivity index (χ1v) is 10.4. The van der Waals surface area contributed by atoms with Crippen LogP contribution < -0.4 is 0 Å². The highest BCUT2D eigenvalue weighted by atomic mass is 14.7. The van der Waals surface area contributed by atoms with E-state index >= 15 is 0 Å². The lowest BCUT2D eigenvalue weighted by atomic mass is 9.89. The molecular weight excluding hydrogens is 350 g/mol. The zero-order valence-electron chi connectivity index (χ0n) is 18.4. The molecule has 2 aromatic carbocycles. The topological polar surface area (TPSA) is 15.8 Å². The van der Waals surface area contributed by atoms with E-state index in [1.165, 1.54) is 55.2 Å². The fourth-order valence-corrected chi connectivity index (χ4v) is 4.11. The van der Waals surface area contributed by atoms with Crippen LogP contribution in [0.25, 0.3) is 45.0 Å². The van der Waals surface area contributed by atoms with E-state index in [4.69, 9.17) is 0 Å². The summed E-state index contributed by atoms with van der Waals surface area (Å²) in [5.74, 6) is 0. The lowest BCUT2D eigenvalue weighted by molar-refractivity contribution is 1.37. The maximum absolute atomic E-state index is 3.80. The number of fused-ring (bicyclic) bond motifs is 3. The number of hydrogen-bond donors (Lipinski definition) is 1. The standard InChI is InChI=1S/C28H31N/c1-7-14-20(11-5)25-26-23(16-9-3)21(15-8-2)22-17-12-13-18-24(22)28(26)29-27(25)19(6)10-4/h7-18,29H,1-6H3/b14-7-,15-8-,16-9-,19-10+,20-11+. The Balaban J connectivity index is 2.70. The predicted molar refractivity (Wildman–Crippen MR) is 133 cm³/mol. The van der Waals surface area contributed by atoms with Gasteiger partial charge in [0.15, 0.2) is 0 Å². The highest BCUT2D eigenvalue weighted by molar-refractivity contribution is 6.18. The van der Waals surface area contributed by atoms with E-state index in [0.717, 1.165) is 0 Å². The van der Waals surface area contributed by atoms with Gasteiger partial charge in [0.05, 0.1) is 5.52 Å². The van der Waals surface area contributed by atoms with Crippen molar-refractivity contribution in [3.05, 3.63) is 83.1 Å². The molecule has 0 unspecified atom stereocenters. The fraction of sp³-hybridized carbons (Fsp3) is 0.214. The summed E-state index contributed by atoms with van der Waals surface area (Å²) >= 11 is 0. The van der Waals surface area contributed by atoms with Crippen LogP contribution in [0.2, 0.25) is 0 Å². The van der Waals surface area contributed by atoms with Crippen molar-refractivity contribution >= 4 is 45.0 Å². The van der Waals surface area contributed by atoms with Crippen LogP contribution in [0.15, 0.2) is 60.7 Å². The van der Waals surface area contributed by atoms with Crippen LogP contribution in [0, 0.1) is 0 Å². The molecule has 1 aromatic heterocycles. The Hall–Kier alpha value is -3.06. The zero-order valence-corrected chi connectivity index (χ0v) is 18.4. The van der Waals surface area contributed by atoms with Crippen LogP contribution in [0.5, 0.6) is 0 Å². The first-order valence-electron chi connectivity index (χ1n) is 10.4. The molecular formula is C28H31N. The molecule has 0 bridgehead atoms. The molecule has 148 valence electrons. The van der Waals surface area contributed by atoms with Gasteiger partial charge in [-0.15, -0.1) is 0 Å². The van der Waals surface area contributed by atoms with Crippen LogP contribution >= 0.6 is 0 Å². The monoisotopic (exact) mass is 381 g/mol. The van der Waals surface area contributed by atoms with Gasteiger partial charge in [0.2, 0.25) is 0 Å². The smallest absolute Gasteiger partial charge is 0.0551 e. The van der Waals surface area contributed by atoms with Crippen molar-refractivity contribution in [2.24, 2.45) is 0 Å². The molecule has 29 heavy (non-hydrogen) atoms. The van der Waals surface area contributed by atoms with E-state index in [1.54, 1.807) is 0 Å². The Kier molecular flexibility index (Phi) is 6.39. The minimum absolute atomic E-state index is 1.20. The first kappa shape index (κ1) is 20.7. The third-order valence-electron chi connectivity index (χ3n) is 5.49. The quantitative estimate of drug-likeness (QED) is 0.425. The largest absolute Gasteiger partial charge is 0.354 e. The van der Waals surface area contributed by atoms with E-state index in [2.05, 4.69) is 119 Å². The SMILES string of the molecule is C/C=C\C(=C/C)c1c(/C(C)=C/C)[nH]c2c1c(/C=C\C)c(/C=C\C)c1ccccc12. The van der Waals surface area contributed by atoms with Crippen LogP contribution in [0.4, 0.5) is 0 Å². The van der Waals surface area contributed by atoms with E-state index < -0.39 is 0 Å². The Morgan fingerprint density at radius 2 is 1.45 bits per heavy atom. The summed E-state index contributed by atoms with van der Waals surface area (Å²) in [5, 5.41) is 3.82. The lowest BCUT2D eigenvalue weighted by Gasteiger charge is -2.13. The van der Waals surface area contributed by atoms with E-state index in [-0.39, 0.29) is 0 Å². The van der Waals surface area contributed by atoms with Gasteiger partial charge in [0.1, 0.15) is 0 Å². The number of aromatic nitrogens is 1. The number of benzene rings is 2. The molecule has 1 heteroatoms. The molecule has 0 aliphatic rings. The van der Waals surface area contributed by atoms with Crippen LogP contribution in [0.1, 0.15) is 63.9 Å². The second-order valence-corrected chi connectivity index (χ2v) is 7.21. The van der Waals surface area contributed by atoms with Crippen molar-refractivity contribution in [3.63, 3.8) is 0 Å². The Morgan fingerprint density at radius 1 is 0.793 bits per heavy atom. The summed E-state index contributed by atoms with van der Waals surface area (Å²) < 4.78 is 0. The minimum Gasteiger partial charge on any atom is -0.354 e. The summed E-state index contributed by atoms with van der Waals surface area (Å²) in [7, 11) is 0. The average Bonchev–Trinajstić information content (AvgIpc) is 3.14. The maximum atomic E-state index is 3.80. The number of rotatable bonds is 5. The zero-order chi connectivity index (χ0) is 21.0.